The third-order valence-corrected chi connectivity index (χ3v) is 3.60. The van der Waals surface area contributed by atoms with Gasteiger partial charge in [-0.3, -0.25) is 0 Å². The van der Waals surface area contributed by atoms with E-state index < -0.39 is 10.0 Å². The summed E-state index contributed by atoms with van der Waals surface area (Å²) < 4.78 is 36.2. The monoisotopic (exact) mass is 268 g/mol. The predicted molar refractivity (Wildman–Crippen MR) is 67.1 cm³/mol. The van der Waals surface area contributed by atoms with E-state index in [4.69, 9.17) is 15.2 Å². The van der Waals surface area contributed by atoms with E-state index in [1.54, 1.807) is 31.4 Å². The normalized spacial score (nSPS) is 16.9. The third-order valence-electron chi connectivity index (χ3n) is 2.40. The summed E-state index contributed by atoms with van der Waals surface area (Å²) in [6, 6.07) is 6.92. The zero-order valence-corrected chi connectivity index (χ0v) is 10.5. The van der Waals surface area contributed by atoms with E-state index in [2.05, 4.69) is 4.40 Å². The summed E-state index contributed by atoms with van der Waals surface area (Å²) >= 11 is 0. The van der Waals surface area contributed by atoms with Gasteiger partial charge in [0.05, 0.1) is 13.3 Å². The highest BCUT2D eigenvalue weighted by atomic mass is 32.2. The summed E-state index contributed by atoms with van der Waals surface area (Å²) in [6.07, 6.45) is 1.20. The van der Waals surface area contributed by atoms with Crippen molar-refractivity contribution in [2.24, 2.45) is 10.1 Å². The van der Waals surface area contributed by atoms with Crippen LogP contribution in [0.25, 0.3) is 0 Å². The quantitative estimate of drug-likeness (QED) is 0.866. The molecule has 0 amide bonds. The maximum atomic E-state index is 11.2. The van der Waals surface area contributed by atoms with Gasteiger partial charge in [-0.25, -0.2) is 0 Å². The Labute approximate surface area is 105 Å². The first-order valence-corrected chi connectivity index (χ1v) is 6.53. The third kappa shape index (κ3) is 2.45. The minimum atomic E-state index is -3.66. The van der Waals surface area contributed by atoms with Crippen molar-refractivity contribution in [3.63, 3.8) is 0 Å². The molecule has 7 heteroatoms. The van der Waals surface area contributed by atoms with Crippen molar-refractivity contribution in [1.82, 2.24) is 0 Å². The fraction of sp³-hybridized carbons (Fsp3) is 0.182. The molecular formula is C11H12N2O4S. The molecule has 1 aliphatic heterocycles. The molecule has 18 heavy (non-hydrogen) atoms. The summed E-state index contributed by atoms with van der Waals surface area (Å²) in [5.41, 5.74) is 5.79. The zero-order chi connectivity index (χ0) is 13.2. The number of nitrogens with two attached hydrogens (primary N) is 1. The Morgan fingerprint density at radius 1 is 1.22 bits per heavy atom. The van der Waals surface area contributed by atoms with Crippen molar-refractivity contribution in [1.29, 1.82) is 0 Å². The lowest BCUT2D eigenvalue weighted by Crippen LogP contribution is -2.11. The Hall–Kier alpha value is -2.02. The zero-order valence-electron chi connectivity index (χ0n) is 9.66. The average Bonchev–Trinajstić information content (AvgIpc) is 2.63. The SMILES string of the molecule is COc1ccc(OCC2=C(N)S(=O)(=O)N=C2)cc1. The molecule has 0 saturated heterocycles. The van der Waals surface area contributed by atoms with E-state index in [1.165, 1.54) is 6.21 Å². The lowest BCUT2D eigenvalue weighted by molar-refractivity contribution is 0.356. The number of ether oxygens (including phenoxy) is 2. The first-order chi connectivity index (χ1) is 8.53. The van der Waals surface area contributed by atoms with E-state index in [1.807, 2.05) is 0 Å². The molecule has 1 aromatic rings. The molecule has 96 valence electrons. The second-order valence-corrected chi connectivity index (χ2v) is 5.16. The Balaban J connectivity index is 2.05. The topological polar surface area (TPSA) is 91.0 Å². The standard InChI is InChI=1S/C11H12N2O4S/c1-16-9-2-4-10(5-3-9)17-7-8-6-13-18(14,15)11(8)12/h2-6H,7,12H2,1H3. The van der Waals surface area contributed by atoms with Gasteiger partial charge in [-0.05, 0) is 24.3 Å². The largest absolute Gasteiger partial charge is 0.497 e. The molecule has 0 unspecified atom stereocenters. The molecule has 0 atom stereocenters. The number of methoxy groups -OCH3 is 1. The van der Waals surface area contributed by atoms with Crippen LogP contribution in [0.2, 0.25) is 0 Å². The highest BCUT2D eigenvalue weighted by molar-refractivity contribution is 7.94. The van der Waals surface area contributed by atoms with Gasteiger partial charge in [0.2, 0.25) is 0 Å². The molecule has 1 heterocycles. The Morgan fingerprint density at radius 2 is 1.83 bits per heavy atom. The molecule has 0 saturated carbocycles. The molecule has 2 N–H and O–H groups in total. The summed E-state index contributed by atoms with van der Waals surface area (Å²) in [7, 11) is -2.09. The number of hydrogen-bond donors (Lipinski definition) is 1. The van der Waals surface area contributed by atoms with E-state index in [9.17, 15) is 8.42 Å². The van der Waals surface area contributed by atoms with Gasteiger partial charge in [0.15, 0.2) is 5.03 Å². The van der Waals surface area contributed by atoms with E-state index in [-0.39, 0.29) is 11.6 Å². The molecule has 2 rings (SSSR count). The lowest BCUT2D eigenvalue weighted by atomic mass is 10.3. The van der Waals surface area contributed by atoms with Crippen LogP contribution in [0.15, 0.2) is 39.3 Å². The number of hydrogen-bond acceptors (Lipinski definition) is 5. The van der Waals surface area contributed by atoms with Crippen LogP contribution in [-0.2, 0) is 10.0 Å². The molecule has 0 fully saturated rings. The van der Waals surface area contributed by atoms with E-state index in [0.717, 1.165) is 0 Å². The van der Waals surface area contributed by atoms with Gasteiger partial charge in [-0.2, -0.15) is 12.8 Å². The lowest BCUT2D eigenvalue weighted by Gasteiger charge is -2.06. The van der Waals surface area contributed by atoms with Crippen LogP contribution in [0.1, 0.15) is 0 Å². The number of benzene rings is 1. The summed E-state index contributed by atoms with van der Waals surface area (Å²) in [5, 5.41) is -0.254. The second kappa shape index (κ2) is 4.69. The van der Waals surface area contributed by atoms with Crippen molar-refractivity contribution >= 4 is 16.2 Å². The molecule has 1 aliphatic rings. The fourth-order valence-electron chi connectivity index (χ4n) is 1.36. The minimum Gasteiger partial charge on any atom is -0.497 e. The van der Waals surface area contributed by atoms with Gasteiger partial charge >= 0.3 is 0 Å². The van der Waals surface area contributed by atoms with E-state index >= 15 is 0 Å². The molecule has 0 radical (unpaired) electrons. The first kappa shape index (κ1) is 12.4. The predicted octanol–water partition coefficient (Wildman–Crippen LogP) is 0.659. The molecule has 6 nitrogen and oxygen atoms in total. The smallest absolute Gasteiger partial charge is 0.297 e. The highest BCUT2D eigenvalue weighted by Crippen LogP contribution is 2.19. The van der Waals surface area contributed by atoms with Crippen LogP contribution in [0, 0.1) is 0 Å². The molecule has 1 aromatic carbocycles. The van der Waals surface area contributed by atoms with Crippen LogP contribution >= 0.6 is 0 Å². The van der Waals surface area contributed by atoms with Crippen molar-refractivity contribution in [2.75, 3.05) is 13.7 Å². The molecule has 0 spiro atoms. The maximum Gasteiger partial charge on any atom is 0.297 e. The minimum absolute atomic E-state index is 0.0564. The molecule has 0 bridgehead atoms. The van der Waals surface area contributed by atoms with Gasteiger partial charge < -0.3 is 15.2 Å². The van der Waals surface area contributed by atoms with Gasteiger partial charge in [0.1, 0.15) is 18.1 Å². The van der Waals surface area contributed by atoms with Crippen molar-refractivity contribution < 1.29 is 17.9 Å². The first-order valence-electron chi connectivity index (χ1n) is 5.09. The molecular weight excluding hydrogens is 256 g/mol. The van der Waals surface area contributed by atoms with E-state index in [0.29, 0.717) is 17.1 Å². The number of rotatable bonds is 4. The fourth-order valence-corrected chi connectivity index (χ4v) is 2.18. The van der Waals surface area contributed by atoms with Gasteiger partial charge in [0.25, 0.3) is 10.0 Å². The van der Waals surface area contributed by atoms with Gasteiger partial charge in [-0.1, -0.05) is 0 Å². The second-order valence-electron chi connectivity index (χ2n) is 3.56. The summed E-state index contributed by atoms with van der Waals surface area (Å²) in [4.78, 5) is 0. The Kier molecular flexibility index (Phi) is 3.24. The van der Waals surface area contributed by atoms with Crippen LogP contribution in [0.3, 0.4) is 0 Å². The number of nitrogens with zero attached hydrogens (tertiary/aromatic N) is 1. The summed E-state index contributed by atoms with van der Waals surface area (Å²) in [6.45, 7) is 0.0564. The van der Waals surface area contributed by atoms with Crippen molar-refractivity contribution in [2.45, 2.75) is 0 Å². The van der Waals surface area contributed by atoms with Crippen molar-refractivity contribution in [3.8, 4) is 11.5 Å². The average molecular weight is 268 g/mol. The molecule has 0 aromatic heterocycles. The van der Waals surface area contributed by atoms with Crippen LogP contribution in [0.4, 0.5) is 0 Å². The Morgan fingerprint density at radius 3 is 2.33 bits per heavy atom. The molecule has 0 aliphatic carbocycles. The van der Waals surface area contributed by atoms with Gasteiger partial charge in [0, 0.05) is 5.57 Å². The van der Waals surface area contributed by atoms with Crippen LogP contribution in [-0.4, -0.2) is 28.3 Å². The highest BCUT2D eigenvalue weighted by Gasteiger charge is 2.22. The van der Waals surface area contributed by atoms with Crippen LogP contribution in [0.5, 0.6) is 11.5 Å². The van der Waals surface area contributed by atoms with Gasteiger partial charge in [-0.15, -0.1) is 0 Å². The van der Waals surface area contributed by atoms with Crippen LogP contribution < -0.4 is 15.2 Å². The number of sulfonamides is 1. The Bertz CT molecular complexity index is 602. The summed E-state index contributed by atoms with van der Waals surface area (Å²) in [5.74, 6) is 1.31. The maximum absolute atomic E-state index is 11.2. The van der Waals surface area contributed by atoms with Crippen molar-refractivity contribution in [3.05, 3.63) is 34.9 Å².